The maximum atomic E-state index is 4.13. The number of aryl methyl sites for hydroxylation is 1. The molecule has 0 atom stereocenters. The smallest absolute Gasteiger partial charge is 0.0534 e. The van der Waals surface area contributed by atoms with Gasteiger partial charge >= 0.3 is 0 Å². The van der Waals surface area contributed by atoms with Gasteiger partial charge in [0.05, 0.1) is 6.20 Å². The van der Waals surface area contributed by atoms with Crippen molar-refractivity contribution in [1.82, 2.24) is 20.0 Å². The zero-order chi connectivity index (χ0) is 11.1. The number of nitrogens with zero attached hydrogens (tertiary/aromatic N) is 3. The number of halogens is 2. The quantitative estimate of drug-likeness (QED) is 0.773. The molecule has 1 heterocycles. The zero-order valence-corrected chi connectivity index (χ0v) is 12.5. The average molecular weight is 283 g/mol. The molecular formula is C11H24Cl2N4. The minimum atomic E-state index is 0. The summed E-state index contributed by atoms with van der Waals surface area (Å²) in [6.45, 7) is 9.73. The van der Waals surface area contributed by atoms with Crippen LogP contribution in [0.15, 0.2) is 12.4 Å². The van der Waals surface area contributed by atoms with E-state index < -0.39 is 0 Å². The van der Waals surface area contributed by atoms with Crippen molar-refractivity contribution >= 4 is 24.8 Å². The largest absolute Gasteiger partial charge is 0.311 e. The molecule has 0 aliphatic rings. The summed E-state index contributed by atoms with van der Waals surface area (Å²) in [5.41, 5.74) is 1.25. The van der Waals surface area contributed by atoms with Gasteiger partial charge in [0, 0.05) is 38.4 Å². The lowest BCUT2D eigenvalue weighted by Crippen LogP contribution is -2.31. The second-order valence-corrected chi connectivity index (χ2v) is 3.73. The van der Waals surface area contributed by atoms with Crippen molar-refractivity contribution in [1.29, 1.82) is 0 Å². The van der Waals surface area contributed by atoms with Crippen LogP contribution < -0.4 is 5.32 Å². The molecular weight excluding hydrogens is 259 g/mol. The third kappa shape index (κ3) is 7.60. The van der Waals surface area contributed by atoms with Gasteiger partial charge in [-0.25, -0.2) is 0 Å². The summed E-state index contributed by atoms with van der Waals surface area (Å²) in [4.78, 5) is 2.41. The molecule has 17 heavy (non-hydrogen) atoms. The number of likely N-dealkylation sites (N-methyl/N-ethyl adjacent to an activating group) is 1. The fourth-order valence-corrected chi connectivity index (χ4v) is 1.57. The Morgan fingerprint density at radius 3 is 2.41 bits per heavy atom. The lowest BCUT2D eigenvalue weighted by molar-refractivity contribution is 0.302. The summed E-state index contributed by atoms with van der Waals surface area (Å²) in [6, 6.07) is 0. The highest BCUT2D eigenvalue weighted by Gasteiger charge is 1.98. The van der Waals surface area contributed by atoms with E-state index in [1.807, 2.05) is 24.1 Å². The number of hydrogen-bond donors (Lipinski definition) is 1. The molecule has 1 N–H and O–H groups in total. The molecule has 0 aliphatic heterocycles. The highest BCUT2D eigenvalue weighted by molar-refractivity contribution is 5.85. The molecule has 1 aromatic rings. The second kappa shape index (κ2) is 10.8. The van der Waals surface area contributed by atoms with Crippen LogP contribution in [0.1, 0.15) is 19.4 Å². The summed E-state index contributed by atoms with van der Waals surface area (Å²) in [6.07, 6.45) is 3.95. The molecule has 0 unspecified atom stereocenters. The molecule has 1 aromatic heterocycles. The van der Waals surface area contributed by atoms with Crippen LogP contribution in [0.25, 0.3) is 0 Å². The first kappa shape index (κ1) is 19.1. The van der Waals surface area contributed by atoms with E-state index in [9.17, 15) is 0 Å². The van der Waals surface area contributed by atoms with Crippen LogP contribution >= 0.6 is 24.8 Å². The molecule has 6 heteroatoms. The topological polar surface area (TPSA) is 33.1 Å². The minimum Gasteiger partial charge on any atom is -0.311 e. The van der Waals surface area contributed by atoms with E-state index in [1.54, 1.807) is 0 Å². The van der Waals surface area contributed by atoms with Crippen LogP contribution in [0.2, 0.25) is 0 Å². The molecule has 1 rings (SSSR count). The SMILES string of the molecule is CCN(CC)CCNCc1cnn(C)c1.Cl.Cl. The zero-order valence-electron chi connectivity index (χ0n) is 10.8. The first-order valence-corrected chi connectivity index (χ1v) is 5.66. The van der Waals surface area contributed by atoms with Gasteiger partial charge in [-0.05, 0) is 13.1 Å². The highest BCUT2D eigenvalue weighted by Crippen LogP contribution is 1.94. The standard InChI is InChI=1S/C11H22N4.2ClH/c1-4-15(5-2)7-6-12-8-11-9-13-14(3)10-11;;/h9-10,12H,4-8H2,1-3H3;2*1H. The van der Waals surface area contributed by atoms with Gasteiger partial charge in [0.15, 0.2) is 0 Å². The average Bonchev–Trinajstić information content (AvgIpc) is 2.65. The Kier molecular flexibility index (Phi) is 12.2. The summed E-state index contributed by atoms with van der Waals surface area (Å²) in [7, 11) is 1.94. The molecule has 0 amide bonds. The number of aromatic nitrogens is 2. The Morgan fingerprint density at radius 2 is 1.94 bits per heavy atom. The molecule has 0 spiro atoms. The third-order valence-corrected chi connectivity index (χ3v) is 2.59. The van der Waals surface area contributed by atoms with E-state index in [0.717, 1.165) is 32.7 Å². The lowest BCUT2D eigenvalue weighted by atomic mass is 10.3. The first-order valence-electron chi connectivity index (χ1n) is 5.66. The minimum absolute atomic E-state index is 0. The van der Waals surface area contributed by atoms with E-state index >= 15 is 0 Å². The van der Waals surface area contributed by atoms with Crippen molar-refractivity contribution in [3.05, 3.63) is 18.0 Å². The normalized spacial score (nSPS) is 9.88. The van der Waals surface area contributed by atoms with E-state index in [0.29, 0.717) is 0 Å². The maximum Gasteiger partial charge on any atom is 0.0534 e. The second-order valence-electron chi connectivity index (χ2n) is 3.73. The molecule has 102 valence electrons. The Bertz CT molecular complexity index is 274. The predicted octanol–water partition coefficient (Wildman–Crippen LogP) is 1.70. The van der Waals surface area contributed by atoms with Crippen LogP contribution in [0.3, 0.4) is 0 Å². The first-order chi connectivity index (χ1) is 7.26. The van der Waals surface area contributed by atoms with Crippen molar-refractivity contribution in [3.8, 4) is 0 Å². The monoisotopic (exact) mass is 282 g/mol. The summed E-state index contributed by atoms with van der Waals surface area (Å²) in [5, 5.41) is 7.55. The Labute approximate surface area is 117 Å². The number of nitrogens with one attached hydrogen (secondary N) is 1. The van der Waals surface area contributed by atoms with Crippen LogP contribution in [0.4, 0.5) is 0 Å². The van der Waals surface area contributed by atoms with Crippen molar-refractivity contribution in [3.63, 3.8) is 0 Å². The van der Waals surface area contributed by atoms with Crippen LogP contribution in [-0.2, 0) is 13.6 Å². The molecule has 4 nitrogen and oxygen atoms in total. The Morgan fingerprint density at radius 1 is 1.29 bits per heavy atom. The van der Waals surface area contributed by atoms with Gasteiger partial charge in [-0.3, -0.25) is 4.68 Å². The molecule has 0 bridgehead atoms. The molecule has 0 saturated heterocycles. The number of hydrogen-bond acceptors (Lipinski definition) is 3. The van der Waals surface area contributed by atoms with Gasteiger partial charge in [0.2, 0.25) is 0 Å². The van der Waals surface area contributed by atoms with Gasteiger partial charge in [0.25, 0.3) is 0 Å². The van der Waals surface area contributed by atoms with Crippen molar-refractivity contribution < 1.29 is 0 Å². The lowest BCUT2D eigenvalue weighted by Gasteiger charge is -2.17. The van der Waals surface area contributed by atoms with E-state index in [2.05, 4.69) is 29.2 Å². The van der Waals surface area contributed by atoms with E-state index in [1.165, 1.54) is 5.56 Å². The van der Waals surface area contributed by atoms with E-state index in [-0.39, 0.29) is 24.8 Å². The van der Waals surface area contributed by atoms with Crippen molar-refractivity contribution in [2.75, 3.05) is 26.2 Å². The maximum absolute atomic E-state index is 4.13. The summed E-state index contributed by atoms with van der Waals surface area (Å²) < 4.78 is 1.83. The number of rotatable bonds is 7. The van der Waals surface area contributed by atoms with Crippen LogP contribution in [0, 0.1) is 0 Å². The fraction of sp³-hybridized carbons (Fsp3) is 0.727. The van der Waals surface area contributed by atoms with Gasteiger partial charge in [-0.15, -0.1) is 24.8 Å². The Hall–Kier alpha value is -0.290. The molecule has 0 saturated carbocycles. The van der Waals surface area contributed by atoms with E-state index in [4.69, 9.17) is 0 Å². The highest BCUT2D eigenvalue weighted by atomic mass is 35.5. The van der Waals surface area contributed by atoms with Gasteiger partial charge in [0.1, 0.15) is 0 Å². The van der Waals surface area contributed by atoms with Crippen molar-refractivity contribution in [2.45, 2.75) is 20.4 Å². The van der Waals surface area contributed by atoms with Crippen LogP contribution in [-0.4, -0.2) is 40.9 Å². The van der Waals surface area contributed by atoms with Crippen LogP contribution in [0.5, 0.6) is 0 Å². The summed E-state index contributed by atoms with van der Waals surface area (Å²) in [5.74, 6) is 0. The molecule has 0 radical (unpaired) electrons. The summed E-state index contributed by atoms with van der Waals surface area (Å²) >= 11 is 0. The van der Waals surface area contributed by atoms with Gasteiger partial charge in [-0.2, -0.15) is 5.10 Å². The predicted molar refractivity (Wildman–Crippen MR) is 77.2 cm³/mol. The van der Waals surface area contributed by atoms with Gasteiger partial charge < -0.3 is 10.2 Å². The van der Waals surface area contributed by atoms with Crippen molar-refractivity contribution in [2.24, 2.45) is 7.05 Å². The Balaban J connectivity index is 0. The fourth-order valence-electron chi connectivity index (χ4n) is 1.57. The third-order valence-electron chi connectivity index (χ3n) is 2.59. The van der Waals surface area contributed by atoms with Gasteiger partial charge in [-0.1, -0.05) is 13.8 Å². The molecule has 0 fully saturated rings. The molecule has 0 aliphatic carbocycles. The molecule has 0 aromatic carbocycles.